The monoisotopic (exact) mass is 467 g/mol. The molecule has 0 aliphatic rings. The maximum absolute atomic E-state index is 12.8. The summed E-state index contributed by atoms with van der Waals surface area (Å²) in [5, 5.41) is 11.2. The molecule has 0 radical (unpaired) electrons. The number of ketones is 1. The molecule has 4 aromatic carbocycles. The summed E-state index contributed by atoms with van der Waals surface area (Å²) in [7, 11) is 0. The van der Waals surface area contributed by atoms with Gasteiger partial charge in [0, 0.05) is 35.8 Å². The molecular weight excluding hydrogens is 442 g/mol. The number of nitrogens with zero attached hydrogens (tertiary/aromatic N) is 1. The van der Waals surface area contributed by atoms with Crippen LogP contribution in [0.2, 0.25) is 5.02 Å². The standard InChI is InChI=1S/C30H26ClNO2/c31-28-15-11-23(12-16-28)13-17-29(33)26-14-18-30(34)27(19-26)22-32(20-24-7-3-1-4-8-24)21-25-9-5-2-6-10-25/h1-19,34H,20-22H2/b17-13+. The van der Waals surface area contributed by atoms with Gasteiger partial charge in [0.25, 0.3) is 0 Å². The predicted molar refractivity (Wildman–Crippen MR) is 139 cm³/mol. The Morgan fingerprint density at radius 2 is 1.35 bits per heavy atom. The minimum absolute atomic E-state index is 0.117. The van der Waals surface area contributed by atoms with Gasteiger partial charge in [-0.25, -0.2) is 0 Å². The molecule has 0 saturated heterocycles. The molecule has 0 aromatic heterocycles. The number of aromatic hydroxyl groups is 1. The minimum atomic E-state index is -0.117. The highest BCUT2D eigenvalue weighted by Gasteiger charge is 2.13. The summed E-state index contributed by atoms with van der Waals surface area (Å²) in [4.78, 5) is 15.1. The van der Waals surface area contributed by atoms with E-state index >= 15 is 0 Å². The molecule has 0 atom stereocenters. The third kappa shape index (κ3) is 6.67. The molecule has 1 N–H and O–H groups in total. The Morgan fingerprint density at radius 3 is 1.94 bits per heavy atom. The lowest BCUT2D eigenvalue weighted by molar-refractivity contribution is 0.104. The van der Waals surface area contributed by atoms with Gasteiger partial charge in [0.05, 0.1) is 0 Å². The topological polar surface area (TPSA) is 40.5 Å². The lowest BCUT2D eigenvalue weighted by atomic mass is 10.0. The van der Waals surface area contributed by atoms with Gasteiger partial charge in [0.15, 0.2) is 5.78 Å². The van der Waals surface area contributed by atoms with Gasteiger partial charge in [0.1, 0.15) is 5.75 Å². The van der Waals surface area contributed by atoms with Crippen LogP contribution in [0.3, 0.4) is 0 Å². The fraction of sp³-hybridized carbons (Fsp3) is 0.100. The SMILES string of the molecule is O=C(/C=C/c1ccc(Cl)cc1)c1ccc(O)c(CN(Cc2ccccc2)Cc2ccccc2)c1. The third-order valence-electron chi connectivity index (χ3n) is 5.55. The number of hydrogen-bond acceptors (Lipinski definition) is 3. The van der Waals surface area contributed by atoms with Gasteiger partial charge in [-0.2, -0.15) is 0 Å². The number of hydrogen-bond donors (Lipinski definition) is 1. The van der Waals surface area contributed by atoms with Gasteiger partial charge in [-0.15, -0.1) is 0 Å². The number of allylic oxidation sites excluding steroid dienone is 1. The van der Waals surface area contributed by atoms with Crippen molar-refractivity contribution in [3.05, 3.63) is 142 Å². The van der Waals surface area contributed by atoms with E-state index in [9.17, 15) is 9.90 Å². The van der Waals surface area contributed by atoms with Crippen molar-refractivity contribution in [1.82, 2.24) is 4.90 Å². The van der Waals surface area contributed by atoms with Crippen LogP contribution in [0.4, 0.5) is 0 Å². The molecule has 3 nitrogen and oxygen atoms in total. The van der Waals surface area contributed by atoms with E-state index < -0.39 is 0 Å². The second kappa shape index (κ2) is 11.5. The molecule has 0 saturated carbocycles. The first-order valence-corrected chi connectivity index (χ1v) is 11.5. The normalized spacial score (nSPS) is 11.2. The molecule has 4 aromatic rings. The molecule has 0 fully saturated rings. The lowest BCUT2D eigenvalue weighted by Gasteiger charge is -2.23. The zero-order valence-corrected chi connectivity index (χ0v) is 19.5. The van der Waals surface area contributed by atoms with Gasteiger partial charge >= 0.3 is 0 Å². The van der Waals surface area contributed by atoms with E-state index in [1.807, 2.05) is 48.5 Å². The molecule has 4 rings (SSSR count). The summed E-state index contributed by atoms with van der Waals surface area (Å²) in [6.45, 7) is 1.96. The van der Waals surface area contributed by atoms with E-state index in [1.165, 1.54) is 11.1 Å². The molecule has 4 heteroatoms. The van der Waals surface area contributed by atoms with Crippen molar-refractivity contribution in [2.45, 2.75) is 19.6 Å². The van der Waals surface area contributed by atoms with E-state index in [2.05, 4.69) is 29.2 Å². The largest absolute Gasteiger partial charge is 0.508 e. The van der Waals surface area contributed by atoms with Gasteiger partial charge < -0.3 is 5.11 Å². The second-order valence-corrected chi connectivity index (χ2v) is 8.65. The molecule has 0 heterocycles. The van der Waals surface area contributed by atoms with Gasteiger partial charge in [-0.05, 0) is 53.1 Å². The van der Waals surface area contributed by atoms with Crippen LogP contribution in [0.15, 0.2) is 109 Å². The molecule has 34 heavy (non-hydrogen) atoms. The molecule has 0 spiro atoms. The maximum atomic E-state index is 12.8. The van der Waals surface area contributed by atoms with Gasteiger partial charge in [0.2, 0.25) is 0 Å². The molecule has 0 aliphatic heterocycles. The van der Waals surface area contributed by atoms with E-state index in [-0.39, 0.29) is 11.5 Å². The smallest absolute Gasteiger partial charge is 0.185 e. The molecule has 0 amide bonds. The van der Waals surface area contributed by atoms with Crippen LogP contribution in [-0.4, -0.2) is 15.8 Å². The maximum Gasteiger partial charge on any atom is 0.185 e. The summed E-state index contributed by atoms with van der Waals surface area (Å²) in [6, 6.07) is 32.8. The summed E-state index contributed by atoms with van der Waals surface area (Å²) < 4.78 is 0. The Labute approximate surface area is 205 Å². The Balaban J connectivity index is 1.54. The van der Waals surface area contributed by atoms with Crippen molar-refractivity contribution >= 4 is 23.5 Å². The summed E-state index contributed by atoms with van der Waals surface area (Å²) in [5.41, 5.74) is 4.54. The fourth-order valence-electron chi connectivity index (χ4n) is 3.80. The van der Waals surface area contributed by atoms with Crippen LogP contribution in [0.25, 0.3) is 6.08 Å². The summed E-state index contributed by atoms with van der Waals surface area (Å²) >= 11 is 5.93. The number of halogens is 1. The summed E-state index contributed by atoms with van der Waals surface area (Å²) in [6.07, 6.45) is 3.31. The van der Waals surface area contributed by atoms with Crippen LogP contribution in [0, 0.1) is 0 Å². The number of benzene rings is 4. The average Bonchev–Trinajstić information content (AvgIpc) is 2.86. The number of rotatable bonds is 9. The zero-order chi connectivity index (χ0) is 23.8. The van der Waals surface area contributed by atoms with Crippen molar-refractivity contribution < 1.29 is 9.90 Å². The van der Waals surface area contributed by atoms with E-state index in [0.717, 1.165) is 24.2 Å². The zero-order valence-electron chi connectivity index (χ0n) is 18.8. The highest BCUT2D eigenvalue weighted by atomic mass is 35.5. The highest BCUT2D eigenvalue weighted by molar-refractivity contribution is 6.30. The van der Waals surface area contributed by atoms with Crippen molar-refractivity contribution in [3.63, 3.8) is 0 Å². The van der Waals surface area contributed by atoms with E-state index in [4.69, 9.17) is 11.6 Å². The van der Waals surface area contributed by atoms with Gasteiger partial charge in [-0.3, -0.25) is 9.69 Å². The predicted octanol–water partition coefficient (Wildman–Crippen LogP) is 7.14. The number of phenolic OH excluding ortho intramolecular Hbond substituents is 1. The van der Waals surface area contributed by atoms with Crippen molar-refractivity contribution in [2.24, 2.45) is 0 Å². The molecule has 0 bridgehead atoms. The second-order valence-electron chi connectivity index (χ2n) is 8.21. The van der Waals surface area contributed by atoms with Gasteiger partial charge in [-0.1, -0.05) is 90.5 Å². The Hall–Kier alpha value is -3.66. The van der Waals surface area contributed by atoms with Crippen LogP contribution < -0.4 is 0 Å². The highest BCUT2D eigenvalue weighted by Crippen LogP contribution is 2.23. The first-order valence-electron chi connectivity index (χ1n) is 11.2. The van der Waals surface area contributed by atoms with E-state index in [1.54, 1.807) is 42.5 Å². The van der Waals surface area contributed by atoms with Crippen molar-refractivity contribution in [2.75, 3.05) is 0 Å². The van der Waals surface area contributed by atoms with Crippen LogP contribution >= 0.6 is 11.6 Å². The molecular formula is C30H26ClNO2. The average molecular weight is 468 g/mol. The fourth-order valence-corrected chi connectivity index (χ4v) is 3.93. The first kappa shape index (κ1) is 23.5. The molecule has 0 aliphatic carbocycles. The van der Waals surface area contributed by atoms with Crippen LogP contribution in [0.5, 0.6) is 5.75 Å². The van der Waals surface area contributed by atoms with E-state index in [0.29, 0.717) is 17.1 Å². The Kier molecular flexibility index (Phi) is 7.92. The van der Waals surface area contributed by atoms with Crippen molar-refractivity contribution in [1.29, 1.82) is 0 Å². The number of phenols is 1. The molecule has 170 valence electrons. The van der Waals surface area contributed by atoms with Crippen molar-refractivity contribution in [3.8, 4) is 5.75 Å². The van der Waals surface area contributed by atoms with Crippen LogP contribution in [-0.2, 0) is 19.6 Å². The molecule has 0 unspecified atom stereocenters. The summed E-state index contributed by atoms with van der Waals surface area (Å²) in [5.74, 6) is 0.0678. The number of carbonyl (C=O) groups excluding carboxylic acids is 1. The number of carbonyl (C=O) groups is 1. The lowest BCUT2D eigenvalue weighted by Crippen LogP contribution is -2.22. The third-order valence-corrected chi connectivity index (χ3v) is 5.81. The van der Waals surface area contributed by atoms with Crippen LogP contribution in [0.1, 0.15) is 32.6 Å². The first-order chi connectivity index (χ1) is 16.6. The Morgan fingerprint density at radius 1 is 0.765 bits per heavy atom. The quantitative estimate of drug-likeness (QED) is 0.210. The Bertz CT molecular complexity index is 1210. The minimum Gasteiger partial charge on any atom is -0.508 e.